The molecule has 0 aliphatic carbocycles. The van der Waals surface area contributed by atoms with E-state index in [2.05, 4.69) is 10.0 Å². The molecule has 3 rings (SSSR count). The number of hydrogen-bond donors (Lipinski definition) is 2. The predicted molar refractivity (Wildman–Crippen MR) is 111 cm³/mol. The van der Waals surface area contributed by atoms with E-state index >= 15 is 0 Å². The lowest BCUT2D eigenvalue weighted by atomic mass is 10.2. The summed E-state index contributed by atoms with van der Waals surface area (Å²) in [7, 11) is -6.82. The molecule has 1 amide bonds. The van der Waals surface area contributed by atoms with E-state index in [9.17, 15) is 21.6 Å². The zero-order valence-electron chi connectivity index (χ0n) is 16.0. The number of rotatable bonds is 7. The van der Waals surface area contributed by atoms with Crippen molar-refractivity contribution in [2.24, 2.45) is 0 Å². The summed E-state index contributed by atoms with van der Waals surface area (Å²) in [4.78, 5) is 12.5. The molecule has 1 saturated heterocycles. The first-order valence-electron chi connectivity index (χ1n) is 9.10. The zero-order chi connectivity index (χ0) is 21.1. The molecular formula is C19H23N3O5S2. The number of carbonyl (C=O) groups excluding carboxylic acids is 1. The van der Waals surface area contributed by atoms with Gasteiger partial charge in [0.05, 0.1) is 11.2 Å². The van der Waals surface area contributed by atoms with Gasteiger partial charge in [0.2, 0.25) is 20.0 Å². The van der Waals surface area contributed by atoms with Gasteiger partial charge in [0.15, 0.2) is 0 Å². The lowest BCUT2D eigenvalue weighted by Gasteiger charge is -2.15. The number of benzene rings is 2. The van der Waals surface area contributed by atoms with Crippen LogP contribution in [-0.2, 0) is 26.6 Å². The molecule has 8 nitrogen and oxygen atoms in total. The van der Waals surface area contributed by atoms with Crippen LogP contribution in [0.25, 0.3) is 0 Å². The van der Waals surface area contributed by atoms with Crippen LogP contribution in [0.4, 0.5) is 5.69 Å². The lowest BCUT2D eigenvalue weighted by molar-refractivity contribution is 0.0951. The molecule has 29 heavy (non-hydrogen) atoms. The maximum atomic E-state index is 12.5. The van der Waals surface area contributed by atoms with E-state index in [4.69, 9.17) is 0 Å². The SMILES string of the molecule is CS(=O)(=O)Nc1ccc(C(=O)NCc2ccc(S(=O)(=O)N3CCCC3)cc2)cc1. The Morgan fingerprint density at radius 3 is 2.07 bits per heavy atom. The van der Waals surface area contributed by atoms with Gasteiger partial charge in [-0.3, -0.25) is 9.52 Å². The van der Waals surface area contributed by atoms with Gasteiger partial charge in [-0.25, -0.2) is 16.8 Å². The Hall–Kier alpha value is -2.43. The summed E-state index contributed by atoms with van der Waals surface area (Å²) in [5.41, 5.74) is 1.53. The fraction of sp³-hybridized carbons (Fsp3) is 0.316. The van der Waals surface area contributed by atoms with Gasteiger partial charge in [-0.05, 0) is 54.8 Å². The Morgan fingerprint density at radius 2 is 1.52 bits per heavy atom. The maximum Gasteiger partial charge on any atom is 0.251 e. The summed E-state index contributed by atoms with van der Waals surface area (Å²) in [5.74, 6) is -0.315. The van der Waals surface area contributed by atoms with E-state index in [1.807, 2.05) is 0 Å². The third-order valence-electron chi connectivity index (χ3n) is 4.53. The molecule has 0 saturated carbocycles. The van der Waals surface area contributed by atoms with Crippen molar-refractivity contribution in [3.8, 4) is 0 Å². The van der Waals surface area contributed by atoms with E-state index in [-0.39, 0.29) is 17.3 Å². The number of nitrogens with one attached hydrogen (secondary N) is 2. The highest BCUT2D eigenvalue weighted by Gasteiger charge is 2.26. The number of amides is 1. The van der Waals surface area contributed by atoms with Crippen molar-refractivity contribution in [1.29, 1.82) is 0 Å². The van der Waals surface area contributed by atoms with Crippen LogP contribution < -0.4 is 10.0 Å². The number of nitrogens with zero attached hydrogens (tertiary/aromatic N) is 1. The van der Waals surface area contributed by atoms with E-state index in [1.165, 1.54) is 28.6 Å². The summed E-state index contributed by atoms with van der Waals surface area (Å²) in [6, 6.07) is 12.5. The van der Waals surface area contributed by atoms with Crippen LogP contribution >= 0.6 is 0 Å². The summed E-state index contributed by atoms with van der Waals surface area (Å²) in [5, 5.41) is 2.76. The van der Waals surface area contributed by atoms with Crippen LogP contribution in [0, 0.1) is 0 Å². The van der Waals surface area contributed by atoms with Crippen LogP contribution in [0.1, 0.15) is 28.8 Å². The molecule has 0 aromatic heterocycles. The molecule has 0 radical (unpaired) electrons. The first kappa shape index (κ1) is 21.3. The second kappa shape index (κ2) is 8.52. The number of carbonyl (C=O) groups is 1. The summed E-state index contributed by atoms with van der Waals surface area (Å²) in [6.45, 7) is 1.35. The number of anilines is 1. The molecule has 0 unspecified atom stereocenters. The van der Waals surface area contributed by atoms with Gasteiger partial charge in [-0.15, -0.1) is 0 Å². The van der Waals surface area contributed by atoms with Gasteiger partial charge in [0, 0.05) is 30.9 Å². The van der Waals surface area contributed by atoms with Crippen molar-refractivity contribution in [2.45, 2.75) is 24.3 Å². The summed E-state index contributed by atoms with van der Waals surface area (Å²) < 4.78 is 51.3. The monoisotopic (exact) mass is 437 g/mol. The van der Waals surface area contributed by atoms with Crippen LogP contribution in [-0.4, -0.2) is 46.4 Å². The minimum atomic E-state index is -3.45. The standard InChI is InChI=1S/C19H23N3O5S2/c1-28(24,25)21-17-8-6-16(7-9-17)19(23)20-14-15-4-10-18(11-5-15)29(26,27)22-12-2-3-13-22/h4-11,21H,2-3,12-14H2,1H3,(H,20,23). The molecule has 1 aliphatic rings. The van der Waals surface area contributed by atoms with Gasteiger partial charge < -0.3 is 5.32 Å². The summed E-state index contributed by atoms with van der Waals surface area (Å²) in [6.07, 6.45) is 2.82. The largest absolute Gasteiger partial charge is 0.348 e. The molecule has 156 valence electrons. The van der Waals surface area contributed by atoms with E-state index < -0.39 is 20.0 Å². The van der Waals surface area contributed by atoms with Crippen molar-refractivity contribution in [1.82, 2.24) is 9.62 Å². The first-order chi connectivity index (χ1) is 13.6. The van der Waals surface area contributed by atoms with Crippen molar-refractivity contribution < 1.29 is 21.6 Å². The van der Waals surface area contributed by atoms with Crippen LogP contribution in [0.2, 0.25) is 0 Å². The lowest BCUT2D eigenvalue weighted by Crippen LogP contribution is -2.28. The van der Waals surface area contributed by atoms with Gasteiger partial charge in [-0.2, -0.15) is 4.31 Å². The van der Waals surface area contributed by atoms with E-state index in [0.29, 0.717) is 24.3 Å². The second-order valence-corrected chi connectivity index (χ2v) is 10.6. The first-order valence-corrected chi connectivity index (χ1v) is 12.4. The second-order valence-electron chi connectivity index (χ2n) is 6.89. The summed E-state index contributed by atoms with van der Waals surface area (Å²) >= 11 is 0. The third kappa shape index (κ3) is 5.55. The molecule has 1 heterocycles. The Morgan fingerprint density at radius 1 is 0.931 bits per heavy atom. The minimum absolute atomic E-state index is 0.242. The van der Waals surface area contributed by atoms with Crippen molar-refractivity contribution >= 4 is 31.6 Å². The molecule has 2 aromatic carbocycles. The average Bonchev–Trinajstić information content (AvgIpc) is 3.21. The van der Waals surface area contributed by atoms with Gasteiger partial charge in [0.25, 0.3) is 5.91 Å². The Balaban J connectivity index is 1.59. The van der Waals surface area contributed by atoms with E-state index in [0.717, 1.165) is 24.7 Å². The van der Waals surface area contributed by atoms with Gasteiger partial charge in [0.1, 0.15) is 0 Å². The van der Waals surface area contributed by atoms with Gasteiger partial charge >= 0.3 is 0 Å². The fourth-order valence-electron chi connectivity index (χ4n) is 3.04. The molecule has 2 aromatic rings. The molecule has 10 heteroatoms. The third-order valence-corrected chi connectivity index (χ3v) is 7.05. The van der Waals surface area contributed by atoms with Crippen LogP contribution in [0.3, 0.4) is 0 Å². The van der Waals surface area contributed by atoms with Crippen molar-refractivity contribution in [3.05, 3.63) is 59.7 Å². The Kier molecular flexibility index (Phi) is 6.25. The molecule has 2 N–H and O–H groups in total. The molecule has 0 bridgehead atoms. The average molecular weight is 438 g/mol. The van der Waals surface area contributed by atoms with Crippen molar-refractivity contribution in [3.63, 3.8) is 0 Å². The highest BCUT2D eigenvalue weighted by molar-refractivity contribution is 7.92. The minimum Gasteiger partial charge on any atom is -0.348 e. The number of hydrogen-bond acceptors (Lipinski definition) is 5. The molecular weight excluding hydrogens is 414 g/mol. The predicted octanol–water partition coefficient (Wildman–Crippen LogP) is 1.77. The van der Waals surface area contributed by atoms with Crippen LogP contribution in [0.15, 0.2) is 53.4 Å². The topological polar surface area (TPSA) is 113 Å². The zero-order valence-corrected chi connectivity index (χ0v) is 17.6. The molecule has 0 atom stereocenters. The molecule has 0 spiro atoms. The smallest absolute Gasteiger partial charge is 0.251 e. The highest BCUT2D eigenvalue weighted by atomic mass is 32.2. The quantitative estimate of drug-likeness (QED) is 0.686. The fourth-order valence-corrected chi connectivity index (χ4v) is 5.13. The van der Waals surface area contributed by atoms with Gasteiger partial charge in [-0.1, -0.05) is 12.1 Å². The molecule has 1 aliphatic heterocycles. The van der Waals surface area contributed by atoms with Crippen molar-refractivity contribution in [2.75, 3.05) is 24.1 Å². The number of sulfonamides is 2. The molecule has 1 fully saturated rings. The highest BCUT2D eigenvalue weighted by Crippen LogP contribution is 2.21. The maximum absolute atomic E-state index is 12.5. The van der Waals surface area contributed by atoms with E-state index in [1.54, 1.807) is 24.3 Å². The normalized spacial score (nSPS) is 15.2. The Labute approximate surface area is 171 Å². The van der Waals surface area contributed by atoms with Crippen LogP contribution in [0.5, 0.6) is 0 Å². The Bertz CT molecular complexity index is 1070.